The maximum Gasteiger partial charge on any atom is 0.229 e. The van der Waals surface area contributed by atoms with Crippen LogP contribution in [0.15, 0.2) is 24.3 Å². The predicted molar refractivity (Wildman–Crippen MR) is 74.8 cm³/mol. The van der Waals surface area contributed by atoms with Crippen LogP contribution in [-0.4, -0.2) is 29.8 Å². The maximum absolute atomic E-state index is 12.2. The van der Waals surface area contributed by atoms with Crippen molar-refractivity contribution < 1.29 is 9.59 Å². The van der Waals surface area contributed by atoms with Crippen LogP contribution in [0.4, 0.5) is 5.69 Å². The molecule has 0 aromatic heterocycles. The zero-order valence-electron chi connectivity index (χ0n) is 11.4. The number of anilines is 1. The molecule has 0 aliphatic carbocycles. The second-order valence-corrected chi connectivity index (χ2v) is 4.95. The van der Waals surface area contributed by atoms with E-state index in [1.165, 1.54) is 6.92 Å². The lowest BCUT2D eigenvalue weighted by Gasteiger charge is -2.31. The van der Waals surface area contributed by atoms with Gasteiger partial charge in [0.2, 0.25) is 11.8 Å². The van der Waals surface area contributed by atoms with Gasteiger partial charge in [0.05, 0.1) is 17.2 Å². The first-order valence-electron chi connectivity index (χ1n) is 6.67. The van der Waals surface area contributed by atoms with Crippen molar-refractivity contribution in [3.8, 4) is 6.07 Å². The van der Waals surface area contributed by atoms with Crippen LogP contribution in [0.25, 0.3) is 0 Å². The van der Waals surface area contributed by atoms with Gasteiger partial charge in [-0.1, -0.05) is 12.1 Å². The summed E-state index contributed by atoms with van der Waals surface area (Å²) >= 11 is 0. The number of carbonyl (C=O) groups excluding carboxylic acids is 2. The summed E-state index contributed by atoms with van der Waals surface area (Å²) in [5, 5.41) is 11.8. The quantitative estimate of drug-likeness (QED) is 0.890. The molecule has 1 aromatic rings. The molecule has 0 radical (unpaired) electrons. The number of rotatable bonds is 2. The van der Waals surface area contributed by atoms with E-state index in [1.807, 2.05) is 0 Å². The first-order chi connectivity index (χ1) is 9.61. The first-order valence-corrected chi connectivity index (χ1v) is 6.67. The van der Waals surface area contributed by atoms with Crippen molar-refractivity contribution in [2.45, 2.75) is 19.8 Å². The molecular formula is C15H17N3O2. The highest BCUT2D eigenvalue weighted by Crippen LogP contribution is 2.20. The van der Waals surface area contributed by atoms with E-state index in [0.717, 1.165) is 12.8 Å². The van der Waals surface area contributed by atoms with Gasteiger partial charge in [-0.05, 0) is 25.0 Å². The van der Waals surface area contributed by atoms with E-state index < -0.39 is 0 Å². The Bertz CT molecular complexity index is 562. The maximum atomic E-state index is 12.2. The van der Waals surface area contributed by atoms with Crippen molar-refractivity contribution in [3.05, 3.63) is 29.8 Å². The van der Waals surface area contributed by atoms with Gasteiger partial charge in [0.15, 0.2) is 0 Å². The highest BCUT2D eigenvalue weighted by atomic mass is 16.2. The van der Waals surface area contributed by atoms with E-state index in [0.29, 0.717) is 24.3 Å². The Morgan fingerprint density at radius 2 is 2.15 bits per heavy atom. The summed E-state index contributed by atoms with van der Waals surface area (Å²) in [6.07, 6.45) is 1.60. The molecule has 0 spiro atoms. The minimum absolute atomic E-state index is 0.0000694. The van der Waals surface area contributed by atoms with E-state index in [2.05, 4.69) is 11.4 Å². The topological polar surface area (TPSA) is 73.2 Å². The van der Waals surface area contributed by atoms with Crippen LogP contribution >= 0.6 is 0 Å². The van der Waals surface area contributed by atoms with Gasteiger partial charge in [-0.15, -0.1) is 0 Å². The monoisotopic (exact) mass is 271 g/mol. The van der Waals surface area contributed by atoms with Gasteiger partial charge >= 0.3 is 0 Å². The van der Waals surface area contributed by atoms with Crippen molar-refractivity contribution in [2.75, 3.05) is 18.4 Å². The highest BCUT2D eigenvalue weighted by Gasteiger charge is 2.27. The Morgan fingerprint density at radius 3 is 2.85 bits per heavy atom. The number of benzene rings is 1. The molecule has 1 saturated heterocycles. The van der Waals surface area contributed by atoms with E-state index in [1.54, 1.807) is 29.2 Å². The zero-order valence-corrected chi connectivity index (χ0v) is 11.4. The normalized spacial score (nSPS) is 18.2. The van der Waals surface area contributed by atoms with E-state index in [4.69, 9.17) is 5.26 Å². The SMILES string of the molecule is CC(=O)N1CCCC(C(=O)Nc2ccccc2C#N)C1. The number of nitrogens with zero attached hydrogens (tertiary/aromatic N) is 2. The fourth-order valence-electron chi connectivity index (χ4n) is 2.40. The number of piperidine rings is 1. The average Bonchev–Trinajstić information content (AvgIpc) is 2.48. The van der Waals surface area contributed by atoms with Crippen molar-refractivity contribution >= 4 is 17.5 Å². The Hall–Kier alpha value is -2.35. The van der Waals surface area contributed by atoms with Gasteiger partial charge < -0.3 is 10.2 Å². The van der Waals surface area contributed by atoms with Crippen LogP contribution in [0, 0.1) is 17.2 Å². The summed E-state index contributed by atoms with van der Waals surface area (Å²) in [7, 11) is 0. The molecule has 1 aromatic carbocycles. The molecule has 1 atom stereocenters. The first kappa shape index (κ1) is 14.1. The van der Waals surface area contributed by atoms with Crippen molar-refractivity contribution in [3.63, 3.8) is 0 Å². The number of likely N-dealkylation sites (tertiary alicyclic amines) is 1. The van der Waals surface area contributed by atoms with E-state index in [9.17, 15) is 9.59 Å². The van der Waals surface area contributed by atoms with Crippen LogP contribution in [-0.2, 0) is 9.59 Å². The van der Waals surface area contributed by atoms with Gasteiger partial charge in [-0.3, -0.25) is 9.59 Å². The molecule has 20 heavy (non-hydrogen) atoms. The molecule has 2 amide bonds. The van der Waals surface area contributed by atoms with Gasteiger partial charge in [-0.25, -0.2) is 0 Å². The van der Waals surface area contributed by atoms with Crippen LogP contribution < -0.4 is 5.32 Å². The minimum atomic E-state index is -0.209. The molecule has 0 saturated carbocycles. The fourth-order valence-corrected chi connectivity index (χ4v) is 2.40. The molecule has 1 aliphatic heterocycles. The number of carbonyl (C=O) groups is 2. The van der Waals surface area contributed by atoms with E-state index >= 15 is 0 Å². The second-order valence-electron chi connectivity index (χ2n) is 4.95. The minimum Gasteiger partial charge on any atom is -0.342 e. The van der Waals surface area contributed by atoms with Crippen LogP contribution in [0.1, 0.15) is 25.3 Å². The highest BCUT2D eigenvalue weighted by molar-refractivity contribution is 5.94. The molecule has 1 aliphatic rings. The second kappa shape index (κ2) is 6.20. The van der Waals surface area contributed by atoms with Gasteiger partial charge in [-0.2, -0.15) is 5.26 Å². The summed E-state index contributed by atoms with van der Waals surface area (Å²) in [6.45, 7) is 2.69. The average molecular weight is 271 g/mol. The van der Waals surface area contributed by atoms with Crippen LogP contribution in [0.3, 0.4) is 0 Å². The Balaban J connectivity index is 2.05. The molecule has 5 heteroatoms. The summed E-state index contributed by atoms with van der Waals surface area (Å²) in [4.78, 5) is 25.3. The fraction of sp³-hybridized carbons (Fsp3) is 0.400. The number of hydrogen-bond acceptors (Lipinski definition) is 3. The number of para-hydroxylation sites is 1. The van der Waals surface area contributed by atoms with Gasteiger partial charge in [0, 0.05) is 20.0 Å². The number of nitriles is 1. The summed E-state index contributed by atoms with van der Waals surface area (Å²) in [5.41, 5.74) is 0.972. The lowest BCUT2D eigenvalue weighted by molar-refractivity contribution is -0.132. The summed E-state index contributed by atoms with van der Waals surface area (Å²) < 4.78 is 0. The zero-order chi connectivity index (χ0) is 14.5. The molecule has 5 nitrogen and oxygen atoms in total. The third kappa shape index (κ3) is 3.15. The van der Waals surface area contributed by atoms with Crippen molar-refractivity contribution in [1.82, 2.24) is 4.90 Å². The third-order valence-electron chi connectivity index (χ3n) is 3.54. The molecule has 1 unspecified atom stereocenters. The van der Waals surface area contributed by atoms with Gasteiger partial charge in [0.25, 0.3) is 0 Å². The third-order valence-corrected chi connectivity index (χ3v) is 3.54. The standard InChI is InChI=1S/C15H17N3O2/c1-11(19)18-8-4-6-13(10-18)15(20)17-14-7-3-2-5-12(14)9-16/h2-3,5,7,13H,4,6,8,10H2,1H3,(H,17,20). The largest absolute Gasteiger partial charge is 0.342 e. The summed E-state index contributed by atoms with van der Waals surface area (Å²) in [6, 6.07) is 8.96. The molecule has 1 heterocycles. The Labute approximate surface area is 118 Å². The van der Waals surface area contributed by atoms with E-state index in [-0.39, 0.29) is 17.7 Å². The molecule has 104 valence electrons. The molecule has 2 rings (SSSR count). The number of nitrogens with one attached hydrogen (secondary N) is 1. The molecule has 1 N–H and O–H groups in total. The predicted octanol–water partition coefficient (Wildman–Crippen LogP) is 1.76. The smallest absolute Gasteiger partial charge is 0.229 e. The number of hydrogen-bond donors (Lipinski definition) is 1. The van der Waals surface area contributed by atoms with Crippen LogP contribution in [0.5, 0.6) is 0 Å². The molecule has 1 fully saturated rings. The lowest BCUT2D eigenvalue weighted by atomic mass is 9.97. The summed E-state index contributed by atoms with van der Waals surface area (Å²) in [5.74, 6) is -0.335. The number of amides is 2. The van der Waals surface area contributed by atoms with Crippen LogP contribution in [0.2, 0.25) is 0 Å². The van der Waals surface area contributed by atoms with Crippen molar-refractivity contribution in [2.24, 2.45) is 5.92 Å². The van der Waals surface area contributed by atoms with Crippen molar-refractivity contribution in [1.29, 1.82) is 5.26 Å². The Kier molecular flexibility index (Phi) is 4.36. The lowest BCUT2D eigenvalue weighted by Crippen LogP contribution is -2.42. The van der Waals surface area contributed by atoms with Gasteiger partial charge in [0.1, 0.15) is 6.07 Å². The Morgan fingerprint density at radius 1 is 1.40 bits per heavy atom. The molecular weight excluding hydrogens is 254 g/mol. The molecule has 0 bridgehead atoms.